The van der Waals surface area contributed by atoms with Crippen molar-refractivity contribution in [2.75, 3.05) is 6.54 Å². The molecule has 0 saturated carbocycles. The van der Waals surface area contributed by atoms with E-state index < -0.39 is 0 Å². The van der Waals surface area contributed by atoms with Crippen LogP contribution in [0.25, 0.3) is 0 Å². The highest BCUT2D eigenvalue weighted by atomic mass is 15.3. The predicted octanol–water partition coefficient (Wildman–Crippen LogP) is 0.715. The molecular formula is C11H17N5. The van der Waals surface area contributed by atoms with E-state index in [1.165, 1.54) is 5.56 Å². The molecule has 0 aliphatic heterocycles. The SMILES string of the molecule is Cc1cnn(CCNCc2nccn2C)c1. The normalized spacial score (nSPS) is 10.9. The molecule has 0 spiro atoms. The van der Waals surface area contributed by atoms with E-state index in [0.29, 0.717) is 0 Å². The lowest BCUT2D eigenvalue weighted by Crippen LogP contribution is -2.21. The molecule has 0 amide bonds. The summed E-state index contributed by atoms with van der Waals surface area (Å²) in [4.78, 5) is 4.24. The van der Waals surface area contributed by atoms with E-state index in [1.54, 1.807) is 0 Å². The van der Waals surface area contributed by atoms with Crippen LogP contribution in [-0.2, 0) is 20.1 Å². The van der Waals surface area contributed by atoms with Crippen LogP contribution >= 0.6 is 0 Å². The fraction of sp³-hybridized carbons (Fsp3) is 0.455. The van der Waals surface area contributed by atoms with E-state index in [9.17, 15) is 0 Å². The molecule has 0 aliphatic carbocycles. The molecule has 0 atom stereocenters. The molecule has 0 aliphatic rings. The van der Waals surface area contributed by atoms with Gasteiger partial charge in [-0.25, -0.2) is 4.98 Å². The summed E-state index contributed by atoms with van der Waals surface area (Å²) in [5.74, 6) is 1.05. The zero-order valence-electron chi connectivity index (χ0n) is 9.72. The molecule has 2 aromatic rings. The van der Waals surface area contributed by atoms with Gasteiger partial charge < -0.3 is 9.88 Å². The molecule has 0 unspecified atom stereocenters. The minimum Gasteiger partial charge on any atom is -0.337 e. The van der Waals surface area contributed by atoms with Gasteiger partial charge in [0.25, 0.3) is 0 Å². The summed E-state index contributed by atoms with van der Waals surface area (Å²) in [6.07, 6.45) is 7.68. The molecule has 5 heteroatoms. The highest BCUT2D eigenvalue weighted by molar-refractivity contribution is 4.99. The third kappa shape index (κ3) is 2.70. The lowest BCUT2D eigenvalue weighted by atomic mass is 10.4. The maximum Gasteiger partial charge on any atom is 0.122 e. The largest absolute Gasteiger partial charge is 0.337 e. The van der Waals surface area contributed by atoms with Gasteiger partial charge in [0.2, 0.25) is 0 Å². The second-order valence-corrected chi connectivity index (χ2v) is 3.91. The van der Waals surface area contributed by atoms with Crippen molar-refractivity contribution in [3.63, 3.8) is 0 Å². The average molecular weight is 219 g/mol. The quantitative estimate of drug-likeness (QED) is 0.754. The molecular weight excluding hydrogens is 202 g/mol. The number of aryl methyl sites for hydroxylation is 2. The number of hydrogen-bond acceptors (Lipinski definition) is 3. The third-order valence-corrected chi connectivity index (χ3v) is 2.48. The summed E-state index contributed by atoms with van der Waals surface area (Å²) in [5, 5.41) is 7.57. The molecule has 2 aromatic heterocycles. The summed E-state index contributed by atoms with van der Waals surface area (Å²) in [5.41, 5.74) is 1.20. The van der Waals surface area contributed by atoms with Crippen LogP contribution in [0.5, 0.6) is 0 Å². The number of imidazole rings is 1. The Morgan fingerprint density at radius 1 is 1.44 bits per heavy atom. The van der Waals surface area contributed by atoms with Gasteiger partial charge in [-0.15, -0.1) is 0 Å². The van der Waals surface area contributed by atoms with Crippen molar-refractivity contribution in [3.05, 3.63) is 36.2 Å². The molecule has 5 nitrogen and oxygen atoms in total. The van der Waals surface area contributed by atoms with Crippen molar-refractivity contribution in [3.8, 4) is 0 Å². The second-order valence-electron chi connectivity index (χ2n) is 3.91. The summed E-state index contributed by atoms with van der Waals surface area (Å²) in [7, 11) is 2.00. The van der Waals surface area contributed by atoms with Crippen molar-refractivity contribution in [2.24, 2.45) is 7.05 Å². The van der Waals surface area contributed by atoms with Gasteiger partial charge in [-0.05, 0) is 12.5 Å². The Bertz CT molecular complexity index is 443. The molecule has 0 radical (unpaired) electrons. The molecule has 0 aromatic carbocycles. The molecule has 0 bridgehead atoms. The van der Waals surface area contributed by atoms with E-state index >= 15 is 0 Å². The van der Waals surface area contributed by atoms with Crippen LogP contribution in [-0.4, -0.2) is 25.9 Å². The van der Waals surface area contributed by atoms with E-state index in [4.69, 9.17) is 0 Å². The number of hydrogen-bond donors (Lipinski definition) is 1. The number of aromatic nitrogens is 4. The van der Waals surface area contributed by atoms with Gasteiger partial charge >= 0.3 is 0 Å². The minimum absolute atomic E-state index is 0.795. The molecule has 0 saturated heterocycles. The van der Waals surface area contributed by atoms with Crippen LogP contribution in [0, 0.1) is 6.92 Å². The molecule has 2 rings (SSSR count). The summed E-state index contributed by atoms with van der Waals surface area (Å²) in [6, 6.07) is 0. The third-order valence-electron chi connectivity index (χ3n) is 2.48. The van der Waals surface area contributed by atoms with Crippen LogP contribution in [0.2, 0.25) is 0 Å². The zero-order chi connectivity index (χ0) is 11.4. The first kappa shape index (κ1) is 10.9. The van der Waals surface area contributed by atoms with Crippen molar-refractivity contribution >= 4 is 0 Å². The molecule has 16 heavy (non-hydrogen) atoms. The second kappa shape index (κ2) is 4.94. The fourth-order valence-corrected chi connectivity index (χ4v) is 1.55. The highest BCUT2D eigenvalue weighted by Gasteiger charge is 1.98. The first-order valence-corrected chi connectivity index (χ1v) is 5.41. The van der Waals surface area contributed by atoms with Gasteiger partial charge in [0.15, 0.2) is 0 Å². The highest BCUT2D eigenvalue weighted by Crippen LogP contribution is 1.94. The van der Waals surface area contributed by atoms with Crippen molar-refractivity contribution in [1.82, 2.24) is 24.6 Å². The van der Waals surface area contributed by atoms with E-state index in [-0.39, 0.29) is 0 Å². The number of rotatable bonds is 5. The maximum atomic E-state index is 4.24. The van der Waals surface area contributed by atoms with Crippen LogP contribution in [0.15, 0.2) is 24.8 Å². The van der Waals surface area contributed by atoms with E-state index in [2.05, 4.69) is 15.4 Å². The molecule has 2 heterocycles. The maximum absolute atomic E-state index is 4.24. The van der Waals surface area contributed by atoms with Crippen molar-refractivity contribution in [2.45, 2.75) is 20.0 Å². The molecule has 1 N–H and O–H groups in total. The Hall–Kier alpha value is -1.62. The summed E-state index contributed by atoms with van der Waals surface area (Å²) in [6.45, 7) is 4.63. The number of nitrogens with zero attached hydrogens (tertiary/aromatic N) is 4. The average Bonchev–Trinajstić information content (AvgIpc) is 2.83. The Morgan fingerprint density at radius 2 is 2.31 bits per heavy atom. The Morgan fingerprint density at radius 3 is 2.94 bits per heavy atom. The zero-order valence-corrected chi connectivity index (χ0v) is 9.72. The van der Waals surface area contributed by atoms with Gasteiger partial charge in [0.1, 0.15) is 5.82 Å². The van der Waals surface area contributed by atoms with Gasteiger partial charge in [-0.3, -0.25) is 4.68 Å². The summed E-state index contributed by atoms with van der Waals surface area (Å²) < 4.78 is 3.96. The minimum atomic E-state index is 0.795. The van der Waals surface area contributed by atoms with E-state index in [1.807, 2.05) is 48.0 Å². The van der Waals surface area contributed by atoms with Crippen LogP contribution in [0.3, 0.4) is 0 Å². The fourth-order valence-electron chi connectivity index (χ4n) is 1.55. The Labute approximate surface area is 95.1 Å². The van der Waals surface area contributed by atoms with E-state index in [0.717, 1.165) is 25.5 Å². The Balaban J connectivity index is 1.71. The lowest BCUT2D eigenvalue weighted by Gasteiger charge is -2.05. The van der Waals surface area contributed by atoms with Crippen LogP contribution in [0.1, 0.15) is 11.4 Å². The standard InChI is InChI=1S/C11H17N5/c1-10-7-14-16(9-10)6-3-12-8-11-13-4-5-15(11)2/h4-5,7,9,12H,3,6,8H2,1-2H3. The number of nitrogens with one attached hydrogen (secondary N) is 1. The van der Waals surface area contributed by atoms with Crippen molar-refractivity contribution < 1.29 is 0 Å². The first-order valence-electron chi connectivity index (χ1n) is 5.41. The summed E-state index contributed by atoms with van der Waals surface area (Å²) >= 11 is 0. The van der Waals surface area contributed by atoms with Gasteiger partial charge in [-0.1, -0.05) is 0 Å². The first-order chi connectivity index (χ1) is 7.75. The smallest absolute Gasteiger partial charge is 0.122 e. The van der Waals surface area contributed by atoms with Crippen molar-refractivity contribution in [1.29, 1.82) is 0 Å². The van der Waals surface area contributed by atoms with Crippen LogP contribution < -0.4 is 5.32 Å². The Kier molecular flexibility index (Phi) is 3.36. The topological polar surface area (TPSA) is 47.7 Å². The molecule has 0 fully saturated rings. The monoisotopic (exact) mass is 219 g/mol. The predicted molar refractivity (Wildman–Crippen MR) is 61.9 cm³/mol. The van der Waals surface area contributed by atoms with Gasteiger partial charge in [0.05, 0.1) is 19.3 Å². The molecule has 86 valence electrons. The van der Waals surface area contributed by atoms with Gasteiger partial charge in [0, 0.05) is 32.2 Å². The van der Waals surface area contributed by atoms with Crippen LogP contribution in [0.4, 0.5) is 0 Å². The van der Waals surface area contributed by atoms with Gasteiger partial charge in [-0.2, -0.15) is 5.10 Å². The lowest BCUT2D eigenvalue weighted by molar-refractivity contribution is 0.542.